The van der Waals surface area contributed by atoms with Gasteiger partial charge in [0.15, 0.2) is 11.6 Å². The van der Waals surface area contributed by atoms with Gasteiger partial charge in [0.2, 0.25) is 10.0 Å². The molecule has 0 unspecified atom stereocenters. The van der Waals surface area contributed by atoms with E-state index >= 15 is 0 Å². The molecule has 0 bridgehead atoms. The van der Waals surface area contributed by atoms with Crippen molar-refractivity contribution in [3.8, 4) is 0 Å². The van der Waals surface area contributed by atoms with Crippen LogP contribution in [0.3, 0.4) is 0 Å². The first kappa shape index (κ1) is 16.4. The van der Waals surface area contributed by atoms with Gasteiger partial charge < -0.3 is 5.73 Å². The van der Waals surface area contributed by atoms with Crippen LogP contribution in [0.2, 0.25) is 0 Å². The molecule has 0 aliphatic heterocycles. The SMILES string of the molecule is Nc1ccc2ccccc2c1S(=O)(=O)NCc1ccc(F)c(F)c1. The second-order valence-corrected chi connectivity index (χ2v) is 6.98. The van der Waals surface area contributed by atoms with Gasteiger partial charge in [-0.2, -0.15) is 0 Å². The maximum atomic E-state index is 13.2. The lowest BCUT2D eigenvalue weighted by Gasteiger charge is -2.12. The number of hydrogen-bond acceptors (Lipinski definition) is 3. The molecule has 0 aromatic heterocycles. The van der Waals surface area contributed by atoms with E-state index in [2.05, 4.69) is 4.72 Å². The molecule has 3 aromatic carbocycles. The first-order chi connectivity index (χ1) is 11.4. The number of nitrogen functional groups attached to an aromatic ring is 1. The number of sulfonamides is 1. The molecule has 0 saturated heterocycles. The van der Waals surface area contributed by atoms with Gasteiger partial charge in [-0.3, -0.25) is 0 Å². The van der Waals surface area contributed by atoms with E-state index < -0.39 is 21.7 Å². The maximum Gasteiger partial charge on any atom is 0.243 e. The van der Waals surface area contributed by atoms with Crippen LogP contribution in [0.5, 0.6) is 0 Å². The quantitative estimate of drug-likeness (QED) is 0.711. The molecule has 3 rings (SSSR count). The van der Waals surface area contributed by atoms with Crippen LogP contribution in [0.25, 0.3) is 10.8 Å². The van der Waals surface area contributed by atoms with Gasteiger partial charge >= 0.3 is 0 Å². The Labute approximate surface area is 138 Å². The average molecular weight is 348 g/mol. The number of halogens is 2. The van der Waals surface area contributed by atoms with Crippen molar-refractivity contribution in [2.24, 2.45) is 0 Å². The lowest BCUT2D eigenvalue weighted by atomic mass is 10.1. The standard InChI is InChI=1S/C17H14F2N2O2S/c18-14-7-5-11(9-15(14)19)10-21-24(22,23)17-13-4-2-1-3-12(13)6-8-16(17)20/h1-9,21H,10,20H2. The summed E-state index contributed by atoms with van der Waals surface area (Å²) in [5, 5.41) is 1.23. The topological polar surface area (TPSA) is 72.2 Å². The van der Waals surface area contributed by atoms with Gasteiger partial charge in [0.1, 0.15) is 4.90 Å². The van der Waals surface area contributed by atoms with Crippen LogP contribution < -0.4 is 10.5 Å². The Morgan fingerprint density at radius 3 is 2.46 bits per heavy atom. The lowest BCUT2D eigenvalue weighted by Crippen LogP contribution is -2.24. The van der Waals surface area contributed by atoms with Crippen molar-refractivity contribution in [3.05, 3.63) is 71.8 Å². The fourth-order valence-corrected chi connectivity index (χ4v) is 3.81. The Hall–Kier alpha value is -2.51. The number of rotatable bonds is 4. The summed E-state index contributed by atoms with van der Waals surface area (Å²) < 4.78 is 53.8. The van der Waals surface area contributed by atoms with Crippen LogP contribution in [0.1, 0.15) is 5.56 Å². The van der Waals surface area contributed by atoms with Gasteiger partial charge in [-0.05, 0) is 29.1 Å². The Balaban J connectivity index is 1.96. The summed E-state index contributed by atoms with van der Waals surface area (Å²) in [4.78, 5) is -0.0248. The molecule has 0 fully saturated rings. The van der Waals surface area contributed by atoms with E-state index in [0.29, 0.717) is 10.9 Å². The fourth-order valence-electron chi connectivity index (χ4n) is 2.46. The third-order valence-electron chi connectivity index (χ3n) is 3.63. The molecule has 4 nitrogen and oxygen atoms in total. The Kier molecular flexibility index (Phi) is 4.21. The predicted molar refractivity (Wildman–Crippen MR) is 88.7 cm³/mol. The highest BCUT2D eigenvalue weighted by atomic mass is 32.2. The Morgan fingerprint density at radius 1 is 0.958 bits per heavy atom. The van der Waals surface area contributed by atoms with Crippen molar-refractivity contribution < 1.29 is 17.2 Å². The zero-order valence-electron chi connectivity index (χ0n) is 12.5. The molecular weight excluding hydrogens is 334 g/mol. The number of nitrogens with two attached hydrogens (primary N) is 1. The largest absolute Gasteiger partial charge is 0.398 e. The predicted octanol–water partition coefficient (Wildman–Crippen LogP) is 3.18. The van der Waals surface area contributed by atoms with Crippen LogP contribution in [-0.4, -0.2) is 8.42 Å². The number of nitrogens with one attached hydrogen (secondary N) is 1. The number of fused-ring (bicyclic) bond motifs is 1. The molecule has 0 amide bonds. The first-order valence-electron chi connectivity index (χ1n) is 7.09. The van der Waals surface area contributed by atoms with E-state index in [0.717, 1.165) is 17.5 Å². The minimum atomic E-state index is -3.93. The van der Waals surface area contributed by atoms with Gasteiger partial charge in [-0.25, -0.2) is 21.9 Å². The van der Waals surface area contributed by atoms with E-state index in [-0.39, 0.29) is 17.1 Å². The molecule has 0 aliphatic carbocycles. The number of anilines is 1. The van der Waals surface area contributed by atoms with Gasteiger partial charge in [0.05, 0.1) is 5.69 Å². The zero-order valence-corrected chi connectivity index (χ0v) is 13.3. The monoisotopic (exact) mass is 348 g/mol. The second kappa shape index (κ2) is 6.18. The smallest absolute Gasteiger partial charge is 0.243 e. The van der Waals surface area contributed by atoms with Crippen molar-refractivity contribution in [3.63, 3.8) is 0 Å². The summed E-state index contributed by atoms with van der Waals surface area (Å²) in [5.41, 5.74) is 6.28. The van der Waals surface area contributed by atoms with Gasteiger partial charge in [0.25, 0.3) is 0 Å². The van der Waals surface area contributed by atoms with Crippen LogP contribution in [0.15, 0.2) is 59.5 Å². The summed E-state index contributed by atoms with van der Waals surface area (Å²) in [6, 6.07) is 13.4. The van der Waals surface area contributed by atoms with Gasteiger partial charge in [-0.1, -0.05) is 36.4 Å². The van der Waals surface area contributed by atoms with E-state index in [1.165, 1.54) is 12.1 Å². The van der Waals surface area contributed by atoms with E-state index in [9.17, 15) is 17.2 Å². The minimum Gasteiger partial charge on any atom is -0.398 e. The van der Waals surface area contributed by atoms with Crippen molar-refractivity contribution in [1.29, 1.82) is 0 Å². The van der Waals surface area contributed by atoms with Crippen molar-refractivity contribution in [2.45, 2.75) is 11.4 Å². The summed E-state index contributed by atoms with van der Waals surface area (Å²) in [6.07, 6.45) is 0. The summed E-state index contributed by atoms with van der Waals surface area (Å²) in [6.45, 7) is -0.178. The molecule has 0 aliphatic rings. The van der Waals surface area contributed by atoms with Crippen LogP contribution in [-0.2, 0) is 16.6 Å². The lowest BCUT2D eigenvalue weighted by molar-refractivity contribution is 0.506. The molecule has 3 aromatic rings. The molecule has 24 heavy (non-hydrogen) atoms. The van der Waals surface area contributed by atoms with E-state index in [1.54, 1.807) is 30.3 Å². The molecule has 124 valence electrons. The Bertz CT molecular complexity index is 1020. The maximum absolute atomic E-state index is 13.2. The molecule has 0 heterocycles. The average Bonchev–Trinajstić information content (AvgIpc) is 2.55. The third kappa shape index (κ3) is 3.08. The van der Waals surface area contributed by atoms with Gasteiger partial charge in [-0.15, -0.1) is 0 Å². The molecular formula is C17H14F2N2O2S. The van der Waals surface area contributed by atoms with Crippen molar-refractivity contribution in [2.75, 3.05) is 5.73 Å². The van der Waals surface area contributed by atoms with Gasteiger partial charge in [0, 0.05) is 11.9 Å². The van der Waals surface area contributed by atoms with Crippen LogP contribution in [0.4, 0.5) is 14.5 Å². The highest BCUT2D eigenvalue weighted by molar-refractivity contribution is 7.89. The van der Waals surface area contributed by atoms with E-state index in [4.69, 9.17) is 5.73 Å². The highest BCUT2D eigenvalue weighted by Crippen LogP contribution is 2.28. The molecule has 0 atom stereocenters. The van der Waals surface area contributed by atoms with Crippen LogP contribution >= 0.6 is 0 Å². The normalized spacial score (nSPS) is 11.8. The van der Waals surface area contributed by atoms with Crippen LogP contribution in [0, 0.1) is 11.6 Å². The number of benzene rings is 3. The first-order valence-corrected chi connectivity index (χ1v) is 8.57. The third-order valence-corrected chi connectivity index (χ3v) is 5.15. The highest BCUT2D eigenvalue weighted by Gasteiger charge is 2.20. The summed E-state index contributed by atoms with van der Waals surface area (Å²) in [7, 11) is -3.93. The number of hydrogen-bond donors (Lipinski definition) is 2. The molecule has 0 saturated carbocycles. The molecule has 3 N–H and O–H groups in total. The Morgan fingerprint density at radius 2 is 1.71 bits per heavy atom. The van der Waals surface area contributed by atoms with Crippen molar-refractivity contribution in [1.82, 2.24) is 4.72 Å². The summed E-state index contributed by atoms with van der Waals surface area (Å²) in [5.74, 6) is -2.02. The molecule has 0 spiro atoms. The minimum absolute atomic E-state index is 0.0248. The molecule has 7 heteroatoms. The molecule has 0 radical (unpaired) electrons. The second-order valence-electron chi connectivity index (χ2n) is 5.28. The zero-order chi connectivity index (χ0) is 17.3. The fraction of sp³-hybridized carbons (Fsp3) is 0.0588. The van der Waals surface area contributed by atoms with E-state index in [1.807, 2.05) is 0 Å². The summed E-state index contributed by atoms with van der Waals surface area (Å²) >= 11 is 0. The van der Waals surface area contributed by atoms with Crippen molar-refractivity contribution >= 4 is 26.5 Å².